The van der Waals surface area contributed by atoms with Gasteiger partial charge in [0.05, 0.1) is 0 Å². The SMILES string of the molecule is CC(C)(OC(=O)OC(C)(C)C(N)=O)C(N)=O. The van der Waals surface area contributed by atoms with Crippen LogP contribution in [0.1, 0.15) is 27.7 Å². The summed E-state index contributed by atoms with van der Waals surface area (Å²) in [6.45, 7) is 5.20. The molecule has 0 rings (SSSR count). The highest BCUT2D eigenvalue weighted by molar-refractivity contribution is 5.86. The molecule has 0 aromatic carbocycles. The Bertz CT molecular complexity index is 292. The summed E-state index contributed by atoms with van der Waals surface area (Å²) in [5.74, 6) is -1.66. The number of carbonyl (C=O) groups excluding carboxylic acids is 3. The Morgan fingerprint density at radius 3 is 1.25 bits per heavy atom. The molecule has 92 valence electrons. The van der Waals surface area contributed by atoms with Crippen LogP contribution >= 0.6 is 0 Å². The van der Waals surface area contributed by atoms with Crippen LogP contribution in [0.25, 0.3) is 0 Å². The van der Waals surface area contributed by atoms with Crippen molar-refractivity contribution in [2.75, 3.05) is 0 Å². The van der Waals surface area contributed by atoms with Crippen molar-refractivity contribution in [2.24, 2.45) is 11.5 Å². The lowest BCUT2D eigenvalue weighted by atomic mass is 10.1. The summed E-state index contributed by atoms with van der Waals surface area (Å²) in [5.41, 5.74) is 6.94. The summed E-state index contributed by atoms with van der Waals surface area (Å²) in [5, 5.41) is 0. The molecule has 2 amide bonds. The lowest BCUT2D eigenvalue weighted by molar-refractivity contribution is -0.144. The van der Waals surface area contributed by atoms with Crippen molar-refractivity contribution in [1.82, 2.24) is 0 Å². The second kappa shape index (κ2) is 4.38. The summed E-state index contributed by atoms with van der Waals surface area (Å²) in [6.07, 6.45) is -1.19. The molecule has 4 N–H and O–H groups in total. The van der Waals surface area contributed by atoms with E-state index in [2.05, 4.69) is 9.47 Å². The van der Waals surface area contributed by atoms with Gasteiger partial charge in [0.15, 0.2) is 11.2 Å². The van der Waals surface area contributed by atoms with E-state index >= 15 is 0 Å². The first kappa shape index (κ1) is 14.2. The van der Waals surface area contributed by atoms with Gasteiger partial charge in [0.25, 0.3) is 11.8 Å². The van der Waals surface area contributed by atoms with E-state index in [0.717, 1.165) is 0 Å². The van der Waals surface area contributed by atoms with E-state index in [1.165, 1.54) is 27.7 Å². The van der Waals surface area contributed by atoms with Crippen LogP contribution in [-0.2, 0) is 19.1 Å². The number of primary amides is 2. The third-order valence-electron chi connectivity index (χ3n) is 1.86. The van der Waals surface area contributed by atoms with Gasteiger partial charge in [-0.25, -0.2) is 4.79 Å². The molecule has 0 aromatic heterocycles. The molecule has 0 saturated carbocycles. The second-order valence-corrected chi connectivity index (χ2v) is 4.20. The number of ether oxygens (including phenoxy) is 2. The molecule has 0 aliphatic heterocycles. The number of hydrogen-bond donors (Lipinski definition) is 2. The van der Waals surface area contributed by atoms with E-state index in [9.17, 15) is 14.4 Å². The summed E-state index contributed by atoms with van der Waals surface area (Å²) >= 11 is 0. The Morgan fingerprint density at radius 1 is 0.812 bits per heavy atom. The maximum Gasteiger partial charge on any atom is 0.510 e. The summed E-state index contributed by atoms with van der Waals surface area (Å²) in [7, 11) is 0. The summed E-state index contributed by atoms with van der Waals surface area (Å²) < 4.78 is 9.28. The Labute approximate surface area is 93.1 Å². The smallest absolute Gasteiger partial charge is 0.418 e. The van der Waals surface area contributed by atoms with E-state index in [-0.39, 0.29) is 0 Å². The standard InChI is InChI=1S/C9H16N2O5/c1-8(2,5(10)12)15-7(14)16-9(3,4)6(11)13/h1-4H3,(H2,10,12)(H2,11,13). The monoisotopic (exact) mass is 232 g/mol. The highest BCUT2D eigenvalue weighted by Crippen LogP contribution is 2.14. The number of rotatable bonds is 4. The van der Waals surface area contributed by atoms with Crippen molar-refractivity contribution in [3.05, 3.63) is 0 Å². The van der Waals surface area contributed by atoms with Crippen LogP contribution < -0.4 is 11.5 Å². The fraction of sp³-hybridized carbons (Fsp3) is 0.667. The van der Waals surface area contributed by atoms with Crippen molar-refractivity contribution >= 4 is 18.0 Å². The first-order valence-corrected chi connectivity index (χ1v) is 4.51. The predicted octanol–water partition coefficient (Wildman–Crippen LogP) is -0.333. The highest BCUT2D eigenvalue weighted by Gasteiger charge is 2.35. The number of carbonyl (C=O) groups is 3. The molecule has 0 saturated heterocycles. The van der Waals surface area contributed by atoms with Crippen LogP contribution in [0.2, 0.25) is 0 Å². The quantitative estimate of drug-likeness (QED) is 0.642. The molecular formula is C9H16N2O5. The number of hydrogen-bond acceptors (Lipinski definition) is 5. The molecular weight excluding hydrogens is 216 g/mol. The van der Waals surface area contributed by atoms with Crippen LogP contribution in [-0.4, -0.2) is 29.2 Å². The average molecular weight is 232 g/mol. The molecule has 0 aromatic rings. The zero-order chi connectivity index (χ0) is 13.1. The van der Waals surface area contributed by atoms with Crippen molar-refractivity contribution in [3.63, 3.8) is 0 Å². The maximum absolute atomic E-state index is 11.2. The van der Waals surface area contributed by atoms with Gasteiger partial charge in [-0.2, -0.15) is 0 Å². The van der Waals surface area contributed by atoms with Gasteiger partial charge >= 0.3 is 6.16 Å². The molecule has 7 nitrogen and oxygen atoms in total. The zero-order valence-electron chi connectivity index (χ0n) is 9.70. The average Bonchev–Trinajstić information content (AvgIpc) is 2.00. The third-order valence-corrected chi connectivity index (χ3v) is 1.86. The van der Waals surface area contributed by atoms with Crippen molar-refractivity contribution < 1.29 is 23.9 Å². The molecule has 0 aliphatic rings. The first-order chi connectivity index (χ1) is 6.99. The minimum Gasteiger partial charge on any atom is -0.418 e. The fourth-order valence-electron chi connectivity index (χ4n) is 0.538. The Kier molecular flexibility index (Phi) is 3.89. The number of nitrogens with two attached hydrogens (primary N) is 2. The van der Waals surface area contributed by atoms with E-state index < -0.39 is 29.2 Å². The Balaban J connectivity index is 4.52. The Hall–Kier alpha value is -1.79. The van der Waals surface area contributed by atoms with Crippen molar-refractivity contribution in [2.45, 2.75) is 38.9 Å². The van der Waals surface area contributed by atoms with Gasteiger partial charge in [0.1, 0.15) is 0 Å². The first-order valence-electron chi connectivity index (χ1n) is 4.51. The molecule has 0 fully saturated rings. The normalized spacial score (nSPS) is 11.8. The summed E-state index contributed by atoms with van der Waals surface area (Å²) in [6, 6.07) is 0. The molecule has 16 heavy (non-hydrogen) atoms. The van der Waals surface area contributed by atoms with E-state index in [1.54, 1.807) is 0 Å². The van der Waals surface area contributed by atoms with Gasteiger partial charge in [-0.05, 0) is 27.7 Å². The van der Waals surface area contributed by atoms with Crippen LogP contribution in [0.5, 0.6) is 0 Å². The molecule has 0 aliphatic carbocycles. The zero-order valence-corrected chi connectivity index (χ0v) is 9.70. The van der Waals surface area contributed by atoms with Gasteiger partial charge in [-0.15, -0.1) is 0 Å². The van der Waals surface area contributed by atoms with Gasteiger partial charge in [0, 0.05) is 0 Å². The topological polar surface area (TPSA) is 122 Å². The van der Waals surface area contributed by atoms with Gasteiger partial charge < -0.3 is 20.9 Å². The van der Waals surface area contributed by atoms with Crippen LogP contribution in [0, 0.1) is 0 Å². The minimum atomic E-state index is -1.51. The van der Waals surface area contributed by atoms with Gasteiger partial charge in [-0.1, -0.05) is 0 Å². The third kappa shape index (κ3) is 3.76. The maximum atomic E-state index is 11.2. The van der Waals surface area contributed by atoms with Crippen LogP contribution in [0.15, 0.2) is 0 Å². The molecule has 0 unspecified atom stereocenters. The largest absolute Gasteiger partial charge is 0.510 e. The molecule has 0 radical (unpaired) electrons. The molecule has 0 atom stereocenters. The Morgan fingerprint density at radius 2 is 1.06 bits per heavy atom. The minimum absolute atomic E-state index is 0.832. The lowest BCUT2D eigenvalue weighted by Crippen LogP contribution is -2.46. The molecule has 0 bridgehead atoms. The fourth-order valence-corrected chi connectivity index (χ4v) is 0.538. The highest BCUT2D eigenvalue weighted by atomic mass is 16.7. The van der Waals surface area contributed by atoms with E-state index in [4.69, 9.17) is 11.5 Å². The van der Waals surface area contributed by atoms with Crippen molar-refractivity contribution in [1.29, 1.82) is 0 Å². The molecule has 7 heteroatoms. The van der Waals surface area contributed by atoms with Crippen LogP contribution in [0.4, 0.5) is 4.79 Å². The van der Waals surface area contributed by atoms with E-state index in [0.29, 0.717) is 0 Å². The van der Waals surface area contributed by atoms with Crippen molar-refractivity contribution in [3.8, 4) is 0 Å². The lowest BCUT2D eigenvalue weighted by Gasteiger charge is -2.25. The van der Waals surface area contributed by atoms with Gasteiger partial charge in [-0.3, -0.25) is 9.59 Å². The van der Waals surface area contributed by atoms with Gasteiger partial charge in [0.2, 0.25) is 0 Å². The molecule has 0 spiro atoms. The second-order valence-electron chi connectivity index (χ2n) is 4.20. The van der Waals surface area contributed by atoms with Crippen LogP contribution in [0.3, 0.4) is 0 Å². The van der Waals surface area contributed by atoms with E-state index in [1.807, 2.05) is 0 Å². The summed E-state index contributed by atoms with van der Waals surface area (Å²) in [4.78, 5) is 32.9. The molecule has 0 heterocycles. The predicted molar refractivity (Wildman–Crippen MR) is 54.1 cm³/mol. The number of amides is 2.